The first-order valence-electron chi connectivity index (χ1n) is 6.79. The predicted molar refractivity (Wildman–Crippen MR) is 72.7 cm³/mol. The maximum absolute atomic E-state index is 9.00. The lowest BCUT2D eigenvalue weighted by molar-refractivity contribution is -0.135. The minimum absolute atomic E-state index is 0.833. The molecule has 4 heteroatoms. The number of hydrogen-bond acceptors (Lipinski definition) is 2. The van der Waals surface area contributed by atoms with Crippen LogP contribution in [-0.2, 0) is 9.59 Å². The van der Waals surface area contributed by atoms with Gasteiger partial charge in [-0.05, 0) is 5.92 Å². The quantitative estimate of drug-likeness (QED) is 0.806. The maximum Gasteiger partial charge on any atom is 0.300 e. The minimum atomic E-state index is -0.833. The number of carbonyl (C=O) groups is 2. The third kappa shape index (κ3) is 24.3. The summed E-state index contributed by atoms with van der Waals surface area (Å²) in [6.45, 7) is 4.46. The van der Waals surface area contributed by atoms with Crippen LogP contribution in [0, 0.1) is 5.92 Å². The molecule has 0 spiro atoms. The molecule has 0 heterocycles. The molecule has 0 unspecified atom stereocenters. The van der Waals surface area contributed by atoms with E-state index in [2.05, 4.69) is 6.92 Å². The fourth-order valence-electron chi connectivity index (χ4n) is 1.97. The molecule has 2 N–H and O–H groups in total. The van der Waals surface area contributed by atoms with Crippen molar-refractivity contribution in [3.05, 3.63) is 0 Å². The Bertz CT molecular complexity index is 188. The van der Waals surface area contributed by atoms with Gasteiger partial charge in [-0.15, -0.1) is 0 Å². The second-order valence-electron chi connectivity index (χ2n) is 4.68. The predicted octanol–water partition coefficient (Wildman–Crippen LogP) is 3.94. The SMILES string of the molecule is CC(=O)O.CC(=O)O.CCCCC1CCCCC1. The standard InChI is InChI=1S/C10H20.2C2H4O2/c1-2-3-7-10-8-5-4-6-9-10;2*1-2(3)4/h10H,2-9H2,1H3;2*1H3,(H,3,4). The topological polar surface area (TPSA) is 74.6 Å². The first kappa shape index (κ1) is 19.3. The number of aliphatic carboxylic acids is 2. The number of carboxylic acid groups (broad SMARTS) is 2. The van der Waals surface area contributed by atoms with E-state index < -0.39 is 11.9 Å². The third-order valence-corrected chi connectivity index (χ3v) is 2.69. The molecule has 0 aromatic heterocycles. The monoisotopic (exact) mass is 260 g/mol. The second kappa shape index (κ2) is 14.0. The van der Waals surface area contributed by atoms with E-state index in [1.807, 2.05) is 0 Å². The average molecular weight is 260 g/mol. The molecule has 0 aromatic carbocycles. The summed E-state index contributed by atoms with van der Waals surface area (Å²) in [4.78, 5) is 18.0. The fourth-order valence-corrected chi connectivity index (χ4v) is 1.97. The van der Waals surface area contributed by atoms with Crippen LogP contribution in [0.3, 0.4) is 0 Å². The van der Waals surface area contributed by atoms with Gasteiger partial charge in [0.2, 0.25) is 0 Å². The zero-order chi connectivity index (χ0) is 14.4. The lowest BCUT2D eigenvalue weighted by Gasteiger charge is -2.20. The van der Waals surface area contributed by atoms with E-state index in [1.54, 1.807) is 0 Å². The van der Waals surface area contributed by atoms with Crippen LogP contribution < -0.4 is 0 Å². The Balaban J connectivity index is 0. The third-order valence-electron chi connectivity index (χ3n) is 2.69. The van der Waals surface area contributed by atoms with Crippen molar-refractivity contribution in [3.63, 3.8) is 0 Å². The summed E-state index contributed by atoms with van der Waals surface area (Å²) in [7, 11) is 0. The van der Waals surface area contributed by atoms with Crippen LogP contribution in [0.15, 0.2) is 0 Å². The average Bonchev–Trinajstić information content (AvgIpc) is 2.26. The Labute approximate surface area is 110 Å². The Morgan fingerprint density at radius 1 is 1.00 bits per heavy atom. The van der Waals surface area contributed by atoms with Gasteiger partial charge in [0.15, 0.2) is 0 Å². The Kier molecular flexibility index (Phi) is 15.0. The van der Waals surface area contributed by atoms with E-state index in [4.69, 9.17) is 19.8 Å². The molecule has 0 aromatic rings. The number of carboxylic acids is 2. The van der Waals surface area contributed by atoms with E-state index in [0.29, 0.717) is 0 Å². The smallest absolute Gasteiger partial charge is 0.300 e. The van der Waals surface area contributed by atoms with E-state index in [0.717, 1.165) is 19.8 Å². The Hall–Kier alpha value is -1.06. The Morgan fingerprint density at radius 3 is 1.72 bits per heavy atom. The molecule has 0 amide bonds. The van der Waals surface area contributed by atoms with E-state index in [1.165, 1.54) is 51.4 Å². The van der Waals surface area contributed by atoms with Crippen molar-refractivity contribution in [2.75, 3.05) is 0 Å². The summed E-state index contributed by atoms with van der Waals surface area (Å²) in [5.41, 5.74) is 0. The molecule has 1 saturated carbocycles. The molecule has 108 valence electrons. The van der Waals surface area contributed by atoms with Gasteiger partial charge in [-0.25, -0.2) is 0 Å². The van der Waals surface area contributed by atoms with Crippen molar-refractivity contribution < 1.29 is 19.8 Å². The van der Waals surface area contributed by atoms with Gasteiger partial charge in [0.05, 0.1) is 0 Å². The van der Waals surface area contributed by atoms with Gasteiger partial charge in [0, 0.05) is 13.8 Å². The molecule has 4 nitrogen and oxygen atoms in total. The largest absolute Gasteiger partial charge is 0.481 e. The van der Waals surface area contributed by atoms with Crippen molar-refractivity contribution in [3.8, 4) is 0 Å². The molecule has 18 heavy (non-hydrogen) atoms. The van der Waals surface area contributed by atoms with Gasteiger partial charge >= 0.3 is 0 Å². The van der Waals surface area contributed by atoms with Crippen LogP contribution in [0.25, 0.3) is 0 Å². The minimum Gasteiger partial charge on any atom is -0.481 e. The fraction of sp³-hybridized carbons (Fsp3) is 0.857. The van der Waals surface area contributed by atoms with E-state index >= 15 is 0 Å². The highest BCUT2D eigenvalue weighted by Crippen LogP contribution is 2.27. The van der Waals surface area contributed by atoms with Crippen molar-refractivity contribution in [2.45, 2.75) is 72.1 Å². The summed E-state index contributed by atoms with van der Waals surface area (Å²) in [6, 6.07) is 0. The summed E-state index contributed by atoms with van der Waals surface area (Å²) >= 11 is 0. The first-order chi connectivity index (χ1) is 8.40. The molecule has 1 aliphatic rings. The van der Waals surface area contributed by atoms with E-state index in [-0.39, 0.29) is 0 Å². The molecule has 0 aliphatic heterocycles. The van der Waals surface area contributed by atoms with E-state index in [9.17, 15) is 0 Å². The van der Waals surface area contributed by atoms with Crippen LogP contribution in [-0.4, -0.2) is 22.2 Å². The zero-order valence-corrected chi connectivity index (χ0v) is 11.9. The van der Waals surface area contributed by atoms with Crippen molar-refractivity contribution >= 4 is 11.9 Å². The molecular weight excluding hydrogens is 232 g/mol. The maximum atomic E-state index is 9.00. The zero-order valence-electron chi connectivity index (χ0n) is 11.9. The molecule has 0 radical (unpaired) electrons. The van der Waals surface area contributed by atoms with Crippen LogP contribution in [0.4, 0.5) is 0 Å². The molecule has 1 rings (SSSR count). The lowest BCUT2D eigenvalue weighted by Crippen LogP contribution is -2.05. The summed E-state index contributed by atoms with van der Waals surface area (Å²) < 4.78 is 0. The molecule has 1 aliphatic carbocycles. The van der Waals surface area contributed by atoms with Crippen molar-refractivity contribution in [1.29, 1.82) is 0 Å². The van der Waals surface area contributed by atoms with Crippen LogP contribution in [0.2, 0.25) is 0 Å². The molecular formula is C14H28O4. The highest BCUT2D eigenvalue weighted by Gasteiger charge is 2.11. The molecule has 0 bridgehead atoms. The normalized spacial score (nSPS) is 14.6. The second-order valence-corrected chi connectivity index (χ2v) is 4.68. The number of rotatable bonds is 3. The molecule has 0 atom stereocenters. The van der Waals surface area contributed by atoms with Gasteiger partial charge in [-0.2, -0.15) is 0 Å². The molecule has 1 fully saturated rings. The van der Waals surface area contributed by atoms with Crippen LogP contribution in [0.1, 0.15) is 72.1 Å². The van der Waals surface area contributed by atoms with Gasteiger partial charge in [-0.3, -0.25) is 9.59 Å². The van der Waals surface area contributed by atoms with Crippen LogP contribution in [0.5, 0.6) is 0 Å². The highest BCUT2D eigenvalue weighted by molar-refractivity contribution is 5.63. The summed E-state index contributed by atoms with van der Waals surface area (Å²) in [5.74, 6) is -0.561. The van der Waals surface area contributed by atoms with Crippen LogP contribution >= 0.6 is 0 Å². The number of hydrogen-bond donors (Lipinski definition) is 2. The highest BCUT2D eigenvalue weighted by atomic mass is 16.4. The van der Waals surface area contributed by atoms with Gasteiger partial charge in [0.25, 0.3) is 11.9 Å². The van der Waals surface area contributed by atoms with Gasteiger partial charge in [0.1, 0.15) is 0 Å². The molecule has 0 saturated heterocycles. The first-order valence-corrected chi connectivity index (χ1v) is 6.79. The number of unbranched alkanes of at least 4 members (excludes halogenated alkanes) is 1. The lowest BCUT2D eigenvalue weighted by atomic mass is 9.86. The van der Waals surface area contributed by atoms with Gasteiger partial charge in [-0.1, -0.05) is 58.3 Å². The Morgan fingerprint density at radius 2 is 1.39 bits per heavy atom. The summed E-state index contributed by atoms with van der Waals surface area (Å²) in [6.07, 6.45) is 11.9. The van der Waals surface area contributed by atoms with Gasteiger partial charge < -0.3 is 10.2 Å². The van der Waals surface area contributed by atoms with Crippen molar-refractivity contribution in [1.82, 2.24) is 0 Å². The summed E-state index contributed by atoms with van der Waals surface area (Å²) in [5, 5.41) is 14.8. The van der Waals surface area contributed by atoms with Crippen molar-refractivity contribution in [2.24, 2.45) is 5.92 Å².